The van der Waals surface area contributed by atoms with Crippen LogP contribution in [0.2, 0.25) is 0 Å². The molecule has 220 valence electrons. The topological polar surface area (TPSA) is 82.1 Å². The van der Waals surface area contributed by atoms with Crippen LogP contribution >= 0.6 is 0 Å². The average Bonchev–Trinajstić information content (AvgIpc) is 3.07. The van der Waals surface area contributed by atoms with Gasteiger partial charge in [-0.05, 0) is 90.8 Å². The number of aliphatic hydroxyl groups excluding tert-OH is 1. The largest absolute Gasteiger partial charge is 0.463 e. The molecule has 6 nitrogen and oxygen atoms in total. The van der Waals surface area contributed by atoms with E-state index in [0.29, 0.717) is 36.0 Å². The number of rotatable bonds is 4. The van der Waals surface area contributed by atoms with Crippen molar-refractivity contribution in [3.63, 3.8) is 0 Å². The quantitative estimate of drug-likeness (QED) is 0.442. The number of hydrogen-bond acceptors (Lipinski definition) is 6. The van der Waals surface area contributed by atoms with E-state index in [4.69, 9.17) is 14.2 Å². The van der Waals surface area contributed by atoms with E-state index in [-0.39, 0.29) is 63.9 Å². The molecule has 7 rings (SSSR count). The SMILES string of the molecule is CCC(=O)OC1CCC2C34CCC5(C)C6C(C)CC(COC(C)=O)OC6C(O)C5(C)C3CCC2(C4C)C1(C)C. The van der Waals surface area contributed by atoms with Crippen molar-refractivity contribution in [3.8, 4) is 0 Å². The Morgan fingerprint density at radius 1 is 1.00 bits per heavy atom. The molecule has 0 amide bonds. The fraction of sp³-hybridized carbons (Fsp3) is 0.939. The van der Waals surface area contributed by atoms with E-state index < -0.39 is 6.10 Å². The van der Waals surface area contributed by atoms with Crippen LogP contribution in [0.5, 0.6) is 0 Å². The smallest absolute Gasteiger partial charge is 0.305 e. The number of ether oxygens (including phenoxy) is 3. The van der Waals surface area contributed by atoms with Crippen molar-refractivity contribution in [1.29, 1.82) is 0 Å². The lowest BCUT2D eigenvalue weighted by atomic mass is 9.20. The molecule has 0 aromatic heterocycles. The van der Waals surface area contributed by atoms with Crippen LogP contribution in [0.3, 0.4) is 0 Å². The van der Waals surface area contributed by atoms with Crippen LogP contribution in [0, 0.1) is 56.7 Å². The number of aliphatic hydroxyl groups is 1. The summed E-state index contributed by atoms with van der Waals surface area (Å²) in [5.74, 6) is 1.99. The summed E-state index contributed by atoms with van der Waals surface area (Å²) >= 11 is 0. The minimum Gasteiger partial charge on any atom is -0.463 e. The molecule has 39 heavy (non-hydrogen) atoms. The van der Waals surface area contributed by atoms with E-state index in [1.807, 2.05) is 6.92 Å². The van der Waals surface area contributed by atoms with Crippen molar-refractivity contribution < 1.29 is 28.9 Å². The Kier molecular flexibility index (Phi) is 6.24. The summed E-state index contributed by atoms with van der Waals surface area (Å²) in [4.78, 5) is 23.8. The van der Waals surface area contributed by atoms with Crippen molar-refractivity contribution in [2.45, 2.75) is 131 Å². The molecule has 6 saturated carbocycles. The molecule has 0 radical (unpaired) electrons. The number of hydrogen-bond donors (Lipinski definition) is 1. The predicted octanol–water partition coefficient (Wildman–Crippen LogP) is 5.93. The predicted molar refractivity (Wildman–Crippen MR) is 147 cm³/mol. The highest BCUT2D eigenvalue weighted by Gasteiger charge is 2.85. The van der Waals surface area contributed by atoms with Crippen LogP contribution in [-0.2, 0) is 23.8 Å². The second kappa shape index (κ2) is 8.69. The first-order chi connectivity index (χ1) is 18.2. The van der Waals surface area contributed by atoms with Gasteiger partial charge in [-0.2, -0.15) is 0 Å². The molecular formula is C33H52O6. The van der Waals surface area contributed by atoms with Crippen LogP contribution in [0.4, 0.5) is 0 Å². The Labute approximate surface area is 235 Å². The van der Waals surface area contributed by atoms with Gasteiger partial charge in [0, 0.05) is 24.2 Å². The highest BCUT2D eigenvalue weighted by molar-refractivity contribution is 5.69. The second-order valence-electron chi connectivity index (χ2n) is 15.6. The maximum Gasteiger partial charge on any atom is 0.305 e. The second-order valence-corrected chi connectivity index (χ2v) is 15.6. The molecule has 2 spiro atoms. The van der Waals surface area contributed by atoms with Crippen LogP contribution < -0.4 is 0 Å². The standard InChI is InChI=1S/C33H52O6/c1-9-25(35)39-24-11-10-23-32-15-14-30(7)26-18(2)16-21(17-37-20(4)34)38-27(26)28(36)31(30,8)22(32)12-13-33(23,19(32)3)29(24,5)6/h18-19,21-24,26-28,36H,9-17H2,1-8H3. The fourth-order valence-electron chi connectivity index (χ4n) is 13.1. The molecule has 2 bridgehead atoms. The molecule has 13 unspecified atom stereocenters. The van der Waals surface area contributed by atoms with Gasteiger partial charge in [-0.1, -0.05) is 48.5 Å². The number of fused-ring (bicyclic) bond motifs is 4. The van der Waals surface area contributed by atoms with Crippen molar-refractivity contribution >= 4 is 11.9 Å². The summed E-state index contributed by atoms with van der Waals surface area (Å²) in [6.07, 6.45) is 7.14. The minimum absolute atomic E-state index is 0.00895. The lowest BCUT2D eigenvalue weighted by molar-refractivity contribution is -0.379. The first-order valence-corrected chi connectivity index (χ1v) is 15.9. The van der Waals surface area contributed by atoms with Crippen LogP contribution in [-0.4, -0.2) is 48.1 Å². The van der Waals surface area contributed by atoms with E-state index >= 15 is 0 Å². The summed E-state index contributed by atoms with van der Waals surface area (Å²) in [6, 6.07) is 0. The van der Waals surface area contributed by atoms with E-state index in [0.717, 1.165) is 38.5 Å². The van der Waals surface area contributed by atoms with Gasteiger partial charge < -0.3 is 19.3 Å². The minimum atomic E-state index is -0.521. The first-order valence-electron chi connectivity index (χ1n) is 15.9. The number of carbonyl (C=O) groups excluding carboxylic acids is 2. The Morgan fingerprint density at radius 3 is 2.38 bits per heavy atom. The molecule has 1 aliphatic heterocycles. The molecule has 1 heterocycles. The van der Waals surface area contributed by atoms with Crippen LogP contribution in [0.1, 0.15) is 107 Å². The number of esters is 2. The first kappa shape index (κ1) is 28.0. The van der Waals surface area contributed by atoms with Crippen molar-refractivity contribution in [2.75, 3.05) is 6.61 Å². The molecule has 1 N–H and O–H groups in total. The van der Waals surface area contributed by atoms with E-state index in [1.54, 1.807) is 0 Å². The summed E-state index contributed by atoms with van der Waals surface area (Å²) in [6.45, 7) is 18.1. The van der Waals surface area contributed by atoms with Crippen LogP contribution in [0.15, 0.2) is 0 Å². The van der Waals surface area contributed by atoms with E-state index in [2.05, 4.69) is 41.5 Å². The van der Waals surface area contributed by atoms with Crippen molar-refractivity contribution in [3.05, 3.63) is 0 Å². The van der Waals surface area contributed by atoms with Gasteiger partial charge in [0.05, 0.1) is 18.3 Å². The Balaban J connectivity index is 1.33. The maximum atomic E-state index is 12.4. The fourth-order valence-corrected chi connectivity index (χ4v) is 13.1. The van der Waals surface area contributed by atoms with Crippen molar-refractivity contribution in [2.24, 2.45) is 56.7 Å². The van der Waals surface area contributed by atoms with Gasteiger partial charge in [-0.25, -0.2) is 0 Å². The zero-order valence-corrected chi connectivity index (χ0v) is 25.5. The summed E-state index contributed by atoms with van der Waals surface area (Å²) in [5, 5.41) is 12.3. The van der Waals surface area contributed by atoms with Crippen molar-refractivity contribution in [1.82, 2.24) is 0 Å². The normalized spacial score (nSPS) is 54.7. The summed E-state index contributed by atoms with van der Waals surface area (Å²) < 4.78 is 18.1. The zero-order valence-electron chi connectivity index (χ0n) is 25.5. The monoisotopic (exact) mass is 544 g/mol. The average molecular weight is 545 g/mol. The number of carbonyl (C=O) groups is 2. The van der Waals surface area contributed by atoms with Gasteiger partial charge in [0.1, 0.15) is 12.7 Å². The summed E-state index contributed by atoms with van der Waals surface area (Å²) in [7, 11) is 0. The van der Waals surface area contributed by atoms with Gasteiger partial charge >= 0.3 is 11.9 Å². The molecule has 6 aliphatic carbocycles. The van der Waals surface area contributed by atoms with Crippen LogP contribution in [0.25, 0.3) is 0 Å². The Hall–Kier alpha value is -1.14. The molecular weight excluding hydrogens is 492 g/mol. The summed E-state index contributed by atoms with van der Waals surface area (Å²) in [5.41, 5.74) is 0.166. The molecule has 1 saturated heterocycles. The molecule has 6 heteroatoms. The lowest BCUT2D eigenvalue weighted by Gasteiger charge is -2.84. The van der Waals surface area contributed by atoms with Gasteiger partial charge in [0.15, 0.2) is 0 Å². The Bertz CT molecular complexity index is 1040. The van der Waals surface area contributed by atoms with Gasteiger partial charge in [0.25, 0.3) is 0 Å². The van der Waals surface area contributed by atoms with Gasteiger partial charge in [0.2, 0.25) is 0 Å². The Morgan fingerprint density at radius 2 is 1.72 bits per heavy atom. The van der Waals surface area contributed by atoms with E-state index in [1.165, 1.54) is 13.3 Å². The maximum absolute atomic E-state index is 12.4. The zero-order chi connectivity index (χ0) is 28.3. The van der Waals surface area contributed by atoms with Gasteiger partial charge in [-0.3, -0.25) is 9.59 Å². The van der Waals surface area contributed by atoms with E-state index in [9.17, 15) is 14.7 Å². The molecule has 0 aromatic rings. The molecule has 0 aromatic carbocycles. The highest BCUT2D eigenvalue weighted by Crippen LogP contribution is 2.88. The third kappa shape index (κ3) is 3.12. The molecule has 7 aliphatic rings. The third-order valence-corrected chi connectivity index (χ3v) is 14.7. The third-order valence-electron chi connectivity index (χ3n) is 14.7. The molecule has 13 atom stereocenters. The van der Waals surface area contributed by atoms with Gasteiger partial charge in [-0.15, -0.1) is 0 Å². The lowest BCUT2D eigenvalue weighted by Crippen LogP contribution is -2.80. The highest BCUT2D eigenvalue weighted by atomic mass is 16.6. The molecule has 7 fully saturated rings.